The molecule has 0 aliphatic carbocycles. The number of hydrogen-bond donors (Lipinski definition) is 2. The van der Waals surface area contributed by atoms with Crippen LogP contribution >= 0.6 is 0 Å². The molecule has 11 rings (SSSR count). The minimum absolute atomic E-state index is 0.622. The second-order valence-electron chi connectivity index (χ2n) is 43.0. The first kappa shape index (κ1) is 119. The molecule has 5 heterocycles. The molecule has 0 fully saturated rings. The Morgan fingerprint density at radius 2 is 0.365 bits per heavy atom. The highest BCUT2D eigenvalue weighted by atomic mass is 16.5. The lowest BCUT2D eigenvalue weighted by Crippen LogP contribution is -2.04. The molecular weight excluding hydrogens is 1820 g/mol. The van der Waals surface area contributed by atoms with E-state index in [2.05, 4.69) is 235 Å². The van der Waals surface area contributed by atoms with Crippen LogP contribution in [0.1, 0.15) is 489 Å². The molecule has 0 spiro atoms. The second kappa shape index (κ2) is 73.5. The number of nitrogens with zero attached hydrogens (tertiary/aromatic N) is 2. The standard InChI is InChI=1S/C136H198N4O8/c1-9-17-25-33-41-49-57-65-93-141-127-89-75-109(103-131(127)145-97-69-61-53-45-37-29-21-13-5)119-83-73-113(101-121(119)111-77-91-129(143-95-67-59-51-43-35-27-19-11-3)133(105-111)147-99-71-63-55-47-39-31-23-15-7)135-123-85-79-115(137-123)107-117-81-87-125(139-117)136(126-88-82-118(140-126)108-116-80-86-124(135)138-116)114-74-84-120(110-76-90-128(142-94-66-58-50-42-34-26-18-10-2)132(104-110)146-98-70-62-54-46-38-30-22-14-6)122(102-114)112-78-92-130(144-96-68-60-52-44-36-28-20-12-4)134(106-112)148-100-72-64-56-48-40-32-24-16-8/h73-92,101-108,137,140H,9-72,93-100H2,1-8H3. The summed E-state index contributed by atoms with van der Waals surface area (Å²) in [4.78, 5) is 19.2. The average molecular weight is 2020 g/mol. The molecule has 0 radical (unpaired) electrons. The molecule has 2 aliphatic heterocycles. The van der Waals surface area contributed by atoms with E-state index in [0.717, 1.165) is 260 Å². The van der Waals surface area contributed by atoms with Gasteiger partial charge in [0.05, 0.1) is 75.6 Å². The van der Waals surface area contributed by atoms with E-state index in [-0.39, 0.29) is 0 Å². The van der Waals surface area contributed by atoms with E-state index in [4.69, 9.17) is 47.9 Å². The number of nitrogens with one attached hydrogen (secondary N) is 2. The van der Waals surface area contributed by atoms with Crippen LogP contribution in [0.2, 0.25) is 0 Å². The lowest BCUT2D eigenvalue weighted by molar-refractivity contribution is 0.258. The summed E-state index contributed by atoms with van der Waals surface area (Å²) in [5.74, 6) is 6.39. The molecule has 810 valence electrons. The van der Waals surface area contributed by atoms with E-state index >= 15 is 0 Å². The van der Waals surface area contributed by atoms with Gasteiger partial charge in [0.2, 0.25) is 0 Å². The van der Waals surface area contributed by atoms with Crippen molar-refractivity contribution in [2.24, 2.45) is 0 Å². The Hall–Kier alpha value is -9.68. The van der Waals surface area contributed by atoms with Gasteiger partial charge >= 0.3 is 0 Å². The van der Waals surface area contributed by atoms with Gasteiger partial charge in [-0.2, -0.15) is 0 Å². The van der Waals surface area contributed by atoms with Crippen molar-refractivity contribution in [3.8, 4) is 113 Å². The Labute approximate surface area is 898 Å². The van der Waals surface area contributed by atoms with Gasteiger partial charge in [-0.15, -0.1) is 0 Å². The smallest absolute Gasteiger partial charge is 0.161 e. The van der Waals surface area contributed by atoms with E-state index < -0.39 is 0 Å². The van der Waals surface area contributed by atoms with Gasteiger partial charge in [0.25, 0.3) is 0 Å². The predicted octanol–water partition coefficient (Wildman–Crippen LogP) is 42.8. The van der Waals surface area contributed by atoms with Crippen LogP contribution in [-0.2, 0) is 0 Å². The number of aromatic nitrogens is 4. The number of hydrogen-bond acceptors (Lipinski definition) is 10. The van der Waals surface area contributed by atoms with Gasteiger partial charge in [-0.05, 0) is 228 Å². The molecule has 0 amide bonds. The van der Waals surface area contributed by atoms with Crippen LogP contribution in [0.4, 0.5) is 0 Å². The Kier molecular flexibility index (Phi) is 58.9. The van der Waals surface area contributed by atoms with Gasteiger partial charge in [0, 0.05) is 33.2 Å². The summed E-state index contributed by atoms with van der Waals surface area (Å²) in [7, 11) is 0. The average Bonchev–Trinajstić information content (AvgIpc) is 1.37. The van der Waals surface area contributed by atoms with Gasteiger partial charge in [-0.3, -0.25) is 0 Å². The minimum atomic E-state index is 0.622. The summed E-state index contributed by atoms with van der Waals surface area (Å²) in [6.07, 6.45) is 87.8. The zero-order valence-electron chi connectivity index (χ0n) is 94.2. The number of ether oxygens (including phenoxy) is 8. The SMILES string of the molecule is CCCCCCCCCCOc1ccc(-c2ccc(-c3c4nc(cc5ccc([nH]5)c(-c5ccc(-c6ccc(OCCCCCCCCCC)c(OCCCCCCCCCC)c6)c(-c6ccc(OCCCCCCCCCC)c(OCCCCCCCCCC)c6)c5)c5nc(cc6ccc3[nH]6)C=C5)C=C4)cc2-c2ccc(OCCCCCCCCCC)c(OCCCCCCCCCC)c2)cc1OCCCCCCCCCC. The predicted molar refractivity (Wildman–Crippen MR) is 636 cm³/mol. The van der Waals surface area contributed by atoms with Crippen molar-refractivity contribution in [3.05, 3.63) is 168 Å². The summed E-state index contributed by atoms with van der Waals surface area (Å²) in [5.41, 5.74) is 19.6. The largest absolute Gasteiger partial charge is 0.490 e. The molecule has 2 aliphatic rings. The molecule has 6 aromatic carbocycles. The van der Waals surface area contributed by atoms with E-state index in [1.54, 1.807) is 0 Å². The maximum absolute atomic E-state index is 7.02. The number of aromatic amines is 2. The maximum Gasteiger partial charge on any atom is 0.161 e. The van der Waals surface area contributed by atoms with Crippen LogP contribution in [0, 0.1) is 0 Å². The first-order valence-corrected chi connectivity index (χ1v) is 61.2. The summed E-state index contributed by atoms with van der Waals surface area (Å²) in [5, 5.41) is 0. The number of benzene rings is 6. The van der Waals surface area contributed by atoms with Crippen molar-refractivity contribution in [3.63, 3.8) is 0 Å². The molecule has 8 bridgehead atoms. The molecule has 12 heteroatoms. The summed E-state index contributed by atoms with van der Waals surface area (Å²) in [6.45, 7) is 23.5. The lowest BCUT2D eigenvalue weighted by Gasteiger charge is -2.19. The van der Waals surface area contributed by atoms with Crippen LogP contribution < -0.4 is 37.9 Å². The van der Waals surface area contributed by atoms with E-state index in [9.17, 15) is 0 Å². The Morgan fingerprint density at radius 3 is 0.588 bits per heavy atom. The Balaban J connectivity index is 1.01. The van der Waals surface area contributed by atoms with E-state index in [1.165, 1.54) is 308 Å². The summed E-state index contributed by atoms with van der Waals surface area (Å²) in [6, 6.07) is 53.9. The Bertz CT molecular complexity index is 5030. The fraction of sp³-hybridized carbons (Fsp3) is 0.588. The van der Waals surface area contributed by atoms with Crippen LogP contribution in [0.3, 0.4) is 0 Å². The van der Waals surface area contributed by atoms with E-state index in [1.807, 2.05) is 0 Å². The summed E-state index contributed by atoms with van der Waals surface area (Å²) < 4.78 is 55.2. The van der Waals surface area contributed by atoms with Gasteiger partial charge in [-0.1, -0.05) is 463 Å². The first-order valence-electron chi connectivity index (χ1n) is 61.2. The zero-order valence-corrected chi connectivity index (χ0v) is 94.2. The molecule has 0 unspecified atom stereocenters. The highest BCUT2D eigenvalue weighted by Gasteiger charge is 2.24. The topological polar surface area (TPSA) is 131 Å². The first-order chi connectivity index (χ1) is 73.2. The number of H-pyrrole nitrogens is 2. The van der Waals surface area contributed by atoms with E-state index in [0.29, 0.717) is 52.9 Å². The quantitative estimate of drug-likeness (QED) is 0.0355. The highest BCUT2D eigenvalue weighted by Crippen LogP contribution is 2.47. The molecule has 0 saturated carbocycles. The van der Waals surface area contributed by atoms with Crippen LogP contribution in [0.15, 0.2) is 146 Å². The molecule has 148 heavy (non-hydrogen) atoms. The van der Waals surface area contributed by atoms with Crippen molar-refractivity contribution >= 4 is 46.4 Å². The Morgan fingerprint density at radius 1 is 0.169 bits per heavy atom. The van der Waals surface area contributed by atoms with Crippen molar-refractivity contribution < 1.29 is 37.9 Å². The molecule has 12 nitrogen and oxygen atoms in total. The maximum atomic E-state index is 7.02. The number of unbranched alkanes of at least 4 members (excludes halogenated alkanes) is 56. The zero-order chi connectivity index (χ0) is 103. The molecule has 9 aromatic rings. The van der Waals surface area contributed by atoms with Crippen molar-refractivity contribution in [1.29, 1.82) is 0 Å². The highest BCUT2D eigenvalue weighted by molar-refractivity contribution is 5.98. The van der Waals surface area contributed by atoms with Crippen molar-refractivity contribution in [2.45, 2.75) is 466 Å². The fourth-order valence-electron chi connectivity index (χ4n) is 21.0. The van der Waals surface area contributed by atoms with Crippen LogP contribution in [-0.4, -0.2) is 72.8 Å². The van der Waals surface area contributed by atoms with Crippen molar-refractivity contribution in [1.82, 2.24) is 19.9 Å². The molecule has 0 atom stereocenters. The summed E-state index contributed by atoms with van der Waals surface area (Å²) >= 11 is 0. The lowest BCUT2D eigenvalue weighted by atomic mass is 9.90. The van der Waals surface area contributed by atoms with Crippen molar-refractivity contribution in [2.75, 3.05) is 52.9 Å². The molecule has 2 N–H and O–H groups in total. The third-order valence-corrected chi connectivity index (χ3v) is 30.1. The number of fused-ring (bicyclic) bond motifs is 8. The van der Waals surface area contributed by atoms with Gasteiger partial charge in [0.15, 0.2) is 46.0 Å². The molecule has 3 aromatic heterocycles. The minimum Gasteiger partial charge on any atom is -0.490 e. The monoisotopic (exact) mass is 2020 g/mol. The number of rotatable bonds is 86. The van der Waals surface area contributed by atoms with Crippen LogP contribution in [0.5, 0.6) is 46.0 Å². The van der Waals surface area contributed by atoms with Gasteiger partial charge in [0.1, 0.15) is 0 Å². The normalized spacial score (nSPS) is 11.8. The van der Waals surface area contributed by atoms with Crippen LogP contribution in [0.25, 0.3) is 113 Å². The fourth-order valence-corrected chi connectivity index (χ4v) is 21.0. The third-order valence-electron chi connectivity index (χ3n) is 30.1. The third kappa shape index (κ3) is 43.2. The second-order valence-corrected chi connectivity index (χ2v) is 43.0. The molecular formula is C136H198N4O8. The van der Waals surface area contributed by atoms with Gasteiger partial charge in [-0.25, -0.2) is 9.97 Å². The van der Waals surface area contributed by atoms with Gasteiger partial charge < -0.3 is 47.9 Å². The molecule has 0 saturated heterocycles.